The van der Waals surface area contributed by atoms with Gasteiger partial charge in [0.15, 0.2) is 0 Å². The number of halogens is 3. The minimum absolute atomic E-state index is 0. The van der Waals surface area contributed by atoms with Gasteiger partial charge in [-0.15, -0.1) is 0 Å². The van der Waals surface area contributed by atoms with Gasteiger partial charge in [-0.1, -0.05) is 18.2 Å². The summed E-state index contributed by atoms with van der Waals surface area (Å²) in [7, 11) is -3.96. The maximum absolute atomic E-state index is 13.0. The molecule has 0 atom stereocenters. The van der Waals surface area contributed by atoms with E-state index >= 15 is 0 Å². The van der Waals surface area contributed by atoms with Crippen LogP contribution in [-0.2, 0) is 19.2 Å². The minimum Gasteiger partial charge on any atom is -0.691 e. The maximum Gasteiger partial charge on any atom is 1.00 e. The zero-order valence-electron chi connectivity index (χ0n) is 13.5. The van der Waals surface area contributed by atoms with E-state index in [4.69, 9.17) is 0 Å². The number of fused-ring (bicyclic) bond motifs is 1. The van der Waals surface area contributed by atoms with Crippen LogP contribution < -0.4 is 34.8 Å². The van der Waals surface area contributed by atoms with Crippen LogP contribution in [0.4, 0.5) is 0 Å². The SMILES string of the molecule is O=S(=O)(c1nc2cc(SOO[O-])ccc2n1-c1ccccc1)C(Br)(Br)Br.[Na+]. The predicted octanol–water partition coefficient (Wildman–Crippen LogP) is 0.830. The fraction of sp³-hybridized carbons (Fsp3) is 0.0714. The number of sulfone groups is 1. The van der Waals surface area contributed by atoms with E-state index in [2.05, 4.69) is 62.1 Å². The van der Waals surface area contributed by atoms with Crippen LogP contribution in [0.25, 0.3) is 16.7 Å². The van der Waals surface area contributed by atoms with E-state index in [9.17, 15) is 13.7 Å². The van der Waals surface area contributed by atoms with Crippen molar-refractivity contribution in [1.82, 2.24) is 9.55 Å². The number of alkyl halides is 3. The molecule has 1 aromatic heterocycles. The Hall–Kier alpha value is 0.530. The largest absolute Gasteiger partial charge is 1.00 e. The number of nitrogens with zero attached hydrogens (tertiary/aromatic N) is 2. The zero-order valence-corrected chi connectivity index (χ0v) is 21.9. The number of imidazole rings is 1. The summed E-state index contributed by atoms with van der Waals surface area (Å²) in [6, 6.07) is 13.9. The van der Waals surface area contributed by atoms with Crippen molar-refractivity contribution < 1.29 is 52.6 Å². The molecule has 0 spiro atoms. The summed E-state index contributed by atoms with van der Waals surface area (Å²) in [5.74, 6) is 0. The first-order valence-corrected chi connectivity index (χ1v) is 11.4. The van der Waals surface area contributed by atoms with Crippen molar-refractivity contribution in [2.75, 3.05) is 0 Å². The fourth-order valence-electron chi connectivity index (χ4n) is 2.25. The van der Waals surface area contributed by atoms with Crippen LogP contribution in [0.3, 0.4) is 0 Å². The molecule has 3 rings (SSSR count). The van der Waals surface area contributed by atoms with Crippen LogP contribution in [0.5, 0.6) is 0 Å². The number of aromatic nitrogens is 2. The number of hydrogen-bond donors (Lipinski definition) is 0. The van der Waals surface area contributed by atoms with Crippen molar-refractivity contribution in [3.8, 4) is 5.69 Å². The molecule has 0 aliphatic carbocycles. The fourth-order valence-corrected chi connectivity index (χ4v) is 4.82. The van der Waals surface area contributed by atoms with E-state index in [1.165, 1.54) is 4.57 Å². The molecule has 0 radical (unpaired) electrons. The third-order valence-electron chi connectivity index (χ3n) is 3.31. The number of para-hydroxylation sites is 1. The van der Waals surface area contributed by atoms with Gasteiger partial charge < -0.3 is 5.26 Å². The second kappa shape index (κ2) is 9.56. The van der Waals surface area contributed by atoms with Gasteiger partial charge in [-0.2, -0.15) is 4.33 Å². The Morgan fingerprint density at radius 1 is 1.11 bits per heavy atom. The van der Waals surface area contributed by atoms with Crippen molar-refractivity contribution in [1.29, 1.82) is 0 Å². The van der Waals surface area contributed by atoms with Crippen molar-refractivity contribution in [2.45, 2.75) is 11.5 Å². The first kappa shape index (κ1) is 23.8. The molecule has 13 heteroatoms. The average Bonchev–Trinajstić information content (AvgIpc) is 2.99. The number of benzene rings is 2. The maximum atomic E-state index is 13.0. The van der Waals surface area contributed by atoms with Gasteiger partial charge in [0.1, 0.15) is 0 Å². The Kier molecular flexibility index (Phi) is 8.43. The summed E-state index contributed by atoms with van der Waals surface area (Å²) in [5.41, 5.74) is 1.60. The average molecular weight is 611 g/mol. The Morgan fingerprint density at radius 2 is 1.78 bits per heavy atom. The van der Waals surface area contributed by atoms with Crippen LogP contribution >= 0.6 is 59.8 Å². The molecule has 0 aliphatic rings. The minimum atomic E-state index is -3.96. The Balaban J connectivity index is 0.00000261. The monoisotopic (exact) mass is 608 g/mol. The first-order chi connectivity index (χ1) is 12.3. The molecule has 0 amide bonds. The summed E-state index contributed by atoms with van der Waals surface area (Å²) in [6.07, 6.45) is 0. The smallest absolute Gasteiger partial charge is 0.691 e. The van der Waals surface area contributed by atoms with Crippen LogP contribution in [0, 0.1) is 0 Å². The molecule has 1 heterocycles. The van der Waals surface area contributed by atoms with Gasteiger partial charge in [-0.25, -0.2) is 13.4 Å². The van der Waals surface area contributed by atoms with Crippen LogP contribution in [-0.4, -0.2) is 19.4 Å². The van der Waals surface area contributed by atoms with Crippen LogP contribution in [0.1, 0.15) is 0 Å². The van der Waals surface area contributed by atoms with E-state index in [1.807, 2.05) is 6.07 Å². The van der Waals surface area contributed by atoms with Crippen molar-refractivity contribution in [3.63, 3.8) is 0 Å². The van der Waals surface area contributed by atoms with Gasteiger partial charge in [0.2, 0.25) is 16.5 Å². The van der Waals surface area contributed by atoms with E-state index in [0.29, 0.717) is 33.7 Å². The quantitative estimate of drug-likeness (QED) is 0.139. The topological polar surface area (TPSA) is 93.5 Å². The summed E-state index contributed by atoms with van der Waals surface area (Å²) < 4.78 is 30.2. The molecule has 0 unspecified atom stereocenters. The number of rotatable bonds is 5. The van der Waals surface area contributed by atoms with Gasteiger partial charge in [-0.3, -0.25) is 9.61 Å². The molecule has 27 heavy (non-hydrogen) atoms. The molecule has 3 aromatic rings. The van der Waals surface area contributed by atoms with Gasteiger partial charge in [0.25, 0.3) is 0 Å². The third-order valence-corrected chi connectivity index (χ3v) is 9.08. The summed E-state index contributed by atoms with van der Waals surface area (Å²) in [4.78, 5) is 4.82. The summed E-state index contributed by atoms with van der Waals surface area (Å²) in [6.45, 7) is 0. The second-order valence-electron chi connectivity index (χ2n) is 4.88. The van der Waals surface area contributed by atoms with Crippen molar-refractivity contribution in [2.24, 2.45) is 0 Å². The molecule has 2 aromatic carbocycles. The normalized spacial score (nSPS) is 12.1. The van der Waals surface area contributed by atoms with Crippen LogP contribution in [0.15, 0.2) is 58.6 Å². The van der Waals surface area contributed by atoms with E-state index in [0.717, 1.165) is 0 Å². The Morgan fingerprint density at radius 3 is 2.37 bits per heavy atom. The van der Waals surface area contributed by atoms with Gasteiger partial charge in [0, 0.05) is 10.6 Å². The molecule has 7 nitrogen and oxygen atoms in total. The van der Waals surface area contributed by atoms with Gasteiger partial charge in [0.05, 0.1) is 23.1 Å². The molecule has 0 bridgehead atoms. The molecule has 0 N–H and O–H groups in total. The predicted molar refractivity (Wildman–Crippen MR) is 106 cm³/mol. The molecular formula is C14H8Br3N2NaO5S2. The van der Waals surface area contributed by atoms with E-state index < -0.39 is 11.3 Å². The summed E-state index contributed by atoms with van der Waals surface area (Å²) >= 11 is 9.90. The molecule has 0 saturated heterocycles. The standard InChI is InChI=1S/C14H9Br3N2O5S2.Na/c15-14(16,17)26(21,22)13-18-11-8-10(25-24-23-20)6-7-12(11)19(13)9-4-2-1-3-5-9;/h1-8,20H;/q;+1/p-1. The van der Waals surface area contributed by atoms with E-state index in [1.54, 1.807) is 42.5 Å². The molecule has 138 valence electrons. The molecule has 0 saturated carbocycles. The number of hydrogen-bond acceptors (Lipinski definition) is 7. The van der Waals surface area contributed by atoms with Crippen LogP contribution in [0.2, 0.25) is 0 Å². The van der Waals surface area contributed by atoms with Crippen molar-refractivity contribution >= 4 is 80.7 Å². The zero-order chi connectivity index (χ0) is 18.9. The molecule has 0 fully saturated rings. The second-order valence-corrected chi connectivity index (χ2v) is 16.0. The van der Waals surface area contributed by atoms with E-state index in [-0.39, 0.29) is 34.7 Å². The Labute approximate surface area is 206 Å². The molecular weight excluding hydrogens is 603 g/mol. The van der Waals surface area contributed by atoms with Crippen molar-refractivity contribution in [3.05, 3.63) is 48.5 Å². The molecule has 0 aliphatic heterocycles. The summed E-state index contributed by atoms with van der Waals surface area (Å²) in [5, 5.41) is 13.1. The van der Waals surface area contributed by atoms with Gasteiger partial charge in [-0.05, 0) is 78.1 Å². The third kappa shape index (κ3) is 5.00. The first-order valence-electron chi connectivity index (χ1n) is 6.78. The van der Waals surface area contributed by atoms with Gasteiger partial charge >= 0.3 is 29.6 Å². The Bertz CT molecular complexity index is 1040.